The molecule has 0 aliphatic carbocycles. The van der Waals surface area contributed by atoms with E-state index in [1.165, 1.54) is 0 Å². The Hall–Kier alpha value is -3.56. The maximum Gasteiger partial charge on any atom is 0.177 e. The van der Waals surface area contributed by atoms with Gasteiger partial charge in [0.2, 0.25) is 0 Å². The van der Waals surface area contributed by atoms with Gasteiger partial charge in [0.15, 0.2) is 17.3 Å². The fourth-order valence-corrected chi connectivity index (χ4v) is 3.20. The fraction of sp³-hybridized carbons (Fsp3) is 0.294. The van der Waals surface area contributed by atoms with Crippen LogP contribution < -0.4 is 9.80 Å². The highest BCUT2D eigenvalue weighted by molar-refractivity contribution is 5.48. The monoisotopic (exact) mass is 362 g/mol. The molecule has 1 fully saturated rings. The lowest BCUT2D eigenvalue weighted by Crippen LogP contribution is -2.47. The molecule has 136 valence electrons. The largest absolute Gasteiger partial charge is 0.352 e. The molecule has 10 nitrogen and oxygen atoms in total. The third-order valence-corrected chi connectivity index (χ3v) is 4.67. The van der Waals surface area contributed by atoms with E-state index in [-0.39, 0.29) is 0 Å². The second kappa shape index (κ2) is 6.31. The molecule has 0 unspecified atom stereocenters. The van der Waals surface area contributed by atoms with Gasteiger partial charge < -0.3 is 9.80 Å². The first kappa shape index (κ1) is 15.7. The summed E-state index contributed by atoms with van der Waals surface area (Å²) in [4.78, 5) is 4.49. The first-order valence-electron chi connectivity index (χ1n) is 8.80. The molecule has 5 rings (SSSR count). The summed E-state index contributed by atoms with van der Waals surface area (Å²) < 4.78 is 3.43. The van der Waals surface area contributed by atoms with Crippen LogP contribution in [0, 0.1) is 6.92 Å². The van der Waals surface area contributed by atoms with Crippen LogP contribution in [0.4, 0.5) is 11.6 Å². The molecule has 4 aromatic heterocycles. The van der Waals surface area contributed by atoms with Gasteiger partial charge in [0.1, 0.15) is 12.1 Å². The standard InChI is InChI=1S/C17H18N10/c1-13-6-7-26(22-13)16-3-2-14(20-21-16)24-8-10-25(11-9-24)17-5-4-15-19-18-12-27(15)23-17/h2-7,12H,8-11H2,1H3. The highest BCUT2D eigenvalue weighted by Gasteiger charge is 2.20. The van der Waals surface area contributed by atoms with Crippen molar-refractivity contribution in [2.75, 3.05) is 36.0 Å². The van der Waals surface area contributed by atoms with Crippen molar-refractivity contribution in [1.82, 2.24) is 39.8 Å². The molecule has 0 saturated carbocycles. The van der Waals surface area contributed by atoms with Crippen LogP contribution in [-0.4, -0.2) is 66.0 Å². The average Bonchev–Trinajstić information content (AvgIpc) is 3.36. The quantitative estimate of drug-likeness (QED) is 0.527. The van der Waals surface area contributed by atoms with E-state index in [0.29, 0.717) is 0 Å². The maximum absolute atomic E-state index is 4.57. The summed E-state index contributed by atoms with van der Waals surface area (Å²) in [7, 11) is 0. The lowest BCUT2D eigenvalue weighted by Gasteiger charge is -2.35. The maximum atomic E-state index is 4.57. The number of aromatic nitrogens is 8. The van der Waals surface area contributed by atoms with Crippen LogP contribution in [0.15, 0.2) is 42.9 Å². The number of nitrogens with zero attached hydrogens (tertiary/aromatic N) is 10. The number of piperazine rings is 1. The van der Waals surface area contributed by atoms with Crippen LogP contribution in [-0.2, 0) is 0 Å². The summed E-state index contributed by atoms with van der Waals surface area (Å²) in [5.74, 6) is 2.53. The molecule has 27 heavy (non-hydrogen) atoms. The van der Waals surface area contributed by atoms with Gasteiger partial charge in [-0.2, -0.15) is 9.61 Å². The molecular formula is C17H18N10. The van der Waals surface area contributed by atoms with E-state index in [1.54, 1.807) is 15.5 Å². The number of hydrogen-bond donors (Lipinski definition) is 0. The lowest BCUT2D eigenvalue weighted by atomic mass is 10.3. The van der Waals surface area contributed by atoms with Crippen molar-refractivity contribution in [1.29, 1.82) is 0 Å². The summed E-state index contributed by atoms with van der Waals surface area (Å²) in [6.07, 6.45) is 3.50. The second-order valence-corrected chi connectivity index (χ2v) is 6.45. The van der Waals surface area contributed by atoms with Gasteiger partial charge in [-0.15, -0.1) is 25.5 Å². The van der Waals surface area contributed by atoms with Crippen LogP contribution in [0.1, 0.15) is 5.69 Å². The molecule has 1 saturated heterocycles. The molecule has 0 spiro atoms. The third kappa shape index (κ3) is 2.94. The third-order valence-electron chi connectivity index (χ3n) is 4.67. The van der Waals surface area contributed by atoms with Crippen molar-refractivity contribution in [3.8, 4) is 5.82 Å². The van der Waals surface area contributed by atoms with E-state index in [1.807, 2.05) is 43.5 Å². The molecule has 0 N–H and O–H groups in total. The van der Waals surface area contributed by atoms with Gasteiger partial charge in [-0.3, -0.25) is 0 Å². The number of aryl methyl sites for hydroxylation is 1. The van der Waals surface area contributed by atoms with E-state index >= 15 is 0 Å². The van der Waals surface area contributed by atoms with Crippen LogP contribution in [0.5, 0.6) is 0 Å². The molecular weight excluding hydrogens is 344 g/mol. The number of fused-ring (bicyclic) bond motifs is 1. The van der Waals surface area contributed by atoms with Crippen LogP contribution >= 0.6 is 0 Å². The Morgan fingerprint density at radius 2 is 1.44 bits per heavy atom. The van der Waals surface area contributed by atoms with Crippen LogP contribution in [0.25, 0.3) is 11.5 Å². The Morgan fingerprint density at radius 3 is 2.15 bits per heavy atom. The summed E-state index contributed by atoms with van der Waals surface area (Å²) in [6.45, 7) is 5.39. The SMILES string of the molecule is Cc1ccn(-c2ccc(N3CCN(c4ccc5nncn5n4)CC3)nn2)n1. The Morgan fingerprint density at radius 1 is 0.741 bits per heavy atom. The van der Waals surface area contributed by atoms with Crippen molar-refractivity contribution < 1.29 is 0 Å². The molecule has 5 heterocycles. The molecule has 0 bridgehead atoms. The summed E-state index contributed by atoms with van der Waals surface area (Å²) >= 11 is 0. The average molecular weight is 362 g/mol. The molecule has 1 aliphatic rings. The normalized spacial score (nSPS) is 14.9. The van der Waals surface area contributed by atoms with Crippen LogP contribution in [0.2, 0.25) is 0 Å². The zero-order valence-corrected chi connectivity index (χ0v) is 14.8. The first-order chi connectivity index (χ1) is 13.3. The summed E-state index contributed by atoms with van der Waals surface area (Å²) in [5, 5.41) is 25.5. The van der Waals surface area contributed by atoms with E-state index < -0.39 is 0 Å². The van der Waals surface area contributed by atoms with Gasteiger partial charge in [-0.25, -0.2) is 4.68 Å². The number of hydrogen-bond acceptors (Lipinski definition) is 8. The molecule has 4 aromatic rings. The topological polar surface area (TPSA) is 93.2 Å². The van der Waals surface area contributed by atoms with Gasteiger partial charge in [0, 0.05) is 32.4 Å². The predicted octanol–water partition coefficient (Wildman–Crippen LogP) is 0.735. The fourth-order valence-electron chi connectivity index (χ4n) is 3.20. The minimum absolute atomic E-state index is 0.719. The summed E-state index contributed by atoms with van der Waals surface area (Å²) in [5.41, 5.74) is 1.70. The number of anilines is 2. The van der Waals surface area contributed by atoms with E-state index in [4.69, 9.17) is 0 Å². The van der Waals surface area contributed by atoms with Gasteiger partial charge in [0.05, 0.1) is 5.69 Å². The van der Waals surface area contributed by atoms with E-state index in [2.05, 4.69) is 40.4 Å². The van der Waals surface area contributed by atoms with E-state index in [0.717, 1.165) is 55.0 Å². The van der Waals surface area contributed by atoms with Crippen molar-refractivity contribution in [2.45, 2.75) is 6.92 Å². The molecule has 1 aliphatic heterocycles. The Labute approximate surface area is 155 Å². The zero-order valence-electron chi connectivity index (χ0n) is 14.8. The second-order valence-electron chi connectivity index (χ2n) is 6.45. The molecule has 10 heteroatoms. The number of rotatable bonds is 3. The van der Waals surface area contributed by atoms with Crippen LogP contribution in [0.3, 0.4) is 0 Å². The van der Waals surface area contributed by atoms with Gasteiger partial charge in [-0.1, -0.05) is 0 Å². The Bertz CT molecular complexity index is 1060. The van der Waals surface area contributed by atoms with Gasteiger partial charge in [-0.05, 0) is 37.3 Å². The van der Waals surface area contributed by atoms with E-state index in [9.17, 15) is 0 Å². The molecule has 0 aromatic carbocycles. The Balaban J connectivity index is 1.27. The smallest absolute Gasteiger partial charge is 0.177 e. The predicted molar refractivity (Wildman–Crippen MR) is 99.1 cm³/mol. The molecule has 0 amide bonds. The first-order valence-corrected chi connectivity index (χ1v) is 8.80. The van der Waals surface area contributed by atoms with Gasteiger partial charge >= 0.3 is 0 Å². The zero-order chi connectivity index (χ0) is 18.2. The molecule has 0 radical (unpaired) electrons. The Kier molecular flexibility index (Phi) is 3.66. The van der Waals surface area contributed by atoms with Crippen molar-refractivity contribution in [2.24, 2.45) is 0 Å². The van der Waals surface area contributed by atoms with Crippen molar-refractivity contribution in [3.05, 3.63) is 48.5 Å². The lowest BCUT2D eigenvalue weighted by molar-refractivity contribution is 0.631. The highest BCUT2D eigenvalue weighted by Crippen LogP contribution is 2.18. The minimum atomic E-state index is 0.719. The highest BCUT2D eigenvalue weighted by atomic mass is 15.4. The van der Waals surface area contributed by atoms with Gasteiger partial charge in [0.25, 0.3) is 0 Å². The van der Waals surface area contributed by atoms with Crippen molar-refractivity contribution in [3.63, 3.8) is 0 Å². The summed E-state index contributed by atoms with van der Waals surface area (Å²) in [6, 6.07) is 9.81. The minimum Gasteiger partial charge on any atom is -0.352 e. The van der Waals surface area contributed by atoms with Crippen molar-refractivity contribution >= 4 is 17.3 Å². The molecule has 0 atom stereocenters.